The Bertz CT molecular complexity index is 766. The van der Waals surface area contributed by atoms with E-state index in [1.165, 1.54) is 18.3 Å². The molecular formula is C12H9Br2ClN2O2S. The molecule has 1 aromatic carbocycles. The molecule has 0 radical (unpaired) electrons. The zero-order valence-electron chi connectivity index (χ0n) is 10.2. The highest BCUT2D eigenvalue weighted by Gasteiger charge is 2.19. The Kier molecular flexibility index (Phi) is 4.73. The number of nitrogens with one attached hydrogen (secondary N) is 1. The molecule has 0 unspecified atom stereocenters. The topological polar surface area (TPSA) is 59.1 Å². The smallest absolute Gasteiger partial charge is 0.263 e. The average molecular weight is 441 g/mol. The molecule has 2 rings (SSSR count). The zero-order chi connectivity index (χ0) is 14.9. The van der Waals surface area contributed by atoms with Crippen molar-refractivity contribution in [2.75, 3.05) is 4.72 Å². The van der Waals surface area contributed by atoms with Crippen molar-refractivity contribution in [2.24, 2.45) is 0 Å². The summed E-state index contributed by atoms with van der Waals surface area (Å²) in [5.74, 6) is 0.240. The highest BCUT2D eigenvalue weighted by Crippen LogP contribution is 2.27. The monoisotopic (exact) mass is 438 g/mol. The highest BCUT2D eigenvalue weighted by atomic mass is 79.9. The summed E-state index contributed by atoms with van der Waals surface area (Å²) < 4.78 is 28.5. The number of halogens is 3. The molecule has 1 heterocycles. The number of anilines is 1. The van der Waals surface area contributed by atoms with Crippen LogP contribution in [0.2, 0.25) is 5.02 Å². The summed E-state index contributed by atoms with van der Waals surface area (Å²) >= 11 is 12.5. The fourth-order valence-corrected chi connectivity index (χ4v) is 3.74. The van der Waals surface area contributed by atoms with Gasteiger partial charge in [0, 0.05) is 15.1 Å². The first kappa shape index (κ1) is 15.8. The van der Waals surface area contributed by atoms with Crippen LogP contribution < -0.4 is 4.72 Å². The van der Waals surface area contributed by atoms with Gasteiger partial charge in [0.15, 0.2) is 0 Å². The van der Waals surface area contributed by atoms with E-state index in [0.29, 0.717) is 4.47 Å². The van der Waals surface area contributed by atoms with Crippen molar-refractivity contribution in [3.8, 4) is 0 Å². The average Bonchev–Trinajstić information content (AvgIpc) is 2.33. The van der Waals surface area contributed by atoms with Crippen molar-refractivity contribution in [1.29, 1.82) is 0 Å². The van der Waals surface area contributed by atoms with E-state index in [-0.39, 0.29) is 15.7 Å². The van der Waals surface area contributed by atoms with Crippen LogP contribution in [0.3, 0.4) is 0 Å². The molecule has 0 aliphatic rings. The van der Waals surface area contributed by atoms with Gasteiger partial charge in [-0.3, -0.25) is 4.72 Å². The molecule has 1 aromatic heterocycles. The Morgan fingerprint density at radius 2 is 1.95 bits per heavy atom. The van der Waals surface area contributed by atoms with Crippen LogP contribution in [0.5, 0.6) is 0 Å². The van der Waals surface area contributed by atoms with Crippen molar-refractivity contribution < 1.29 is 8.42 Å². The third kappa shape index (κ3) is 3.52. The lowest BCUT2D eigenvalue weighted by molar-refractivity contribution is 0.601. The van der Waals surface area contributed by atoms with E-state index < -0.39 is 10.0 Å². The van der Waals surface area contributed by atoms with Crippen molar-refractivity contribution in [3.05, 3.63) is 50.0 Å². The van der Waals surface area contributed by atoms with Crippen molar-refractivity contribution in [1.82, 2.24) is 4.98 Å². The minimum atomic E-state index is -3.77. The molecule has 4 nitrogen and oxygen atoms in total. The van der Waals surface area contributed by atoms with Gasteiger partial charge in [0.2, 0.25) is 0 Å². The van der Waals surface area contributed by atoms with Gasteiger partial charge in [-0.25, -0.2) is 13.4 Å². The summed E-state index contributed by atoms with van der Waals surface area (Å²) in [6.07, 6.45) is 1.54. The van der Waals surface area contributed by atoms with E-state index in [1.807, 2.05) is 6.92 Å². The van der Waals surface area contributed by atoms with Crippen molar-refractivity contribution in [3.63, 3.8) is 0 Å². The lowest BCUT2D eigenvalue weighted by atomic mass is 10.3. The fraction of sp³-hybridized carbons (Fsp3) is 0.0833. The number of sulfonamides is 1. The largest absolute Gasteiger partial charge is 0.264 e. The van der Waals surface area contributed by atoms with Crippen LogP contribution >= 0.6 is 43.5 Å². The summed E-state index contributed by atoms with van der Waals surface area (Å²) in [5, 5.41) is 0.140. The van der Waals surface area contributed by atoms with Gasteiger partial charge in [-0.2, -0.15) is 0 Å². The number of hydrogen-bond donors (Lipinski definition) is 1. The Morgan fingerprint density at radius 1 is 1.25 bits per heavy atom. The molecule has 0 aliphatic heterocycles. The Morgan fingerprint density at radius 3 is 2.55 bits per heavy atom. The Balaban J connectivity index is 2.38. The molecule has 0 amide bonds. The maximum absolute atomic E-state index is 12.3. The number of aryl methyl sites for hydroxylation is 1. The van der Waals surface area contributed by atoms with Gasteiger partial charge in [0.05, 0.1) is 5.02 Å². The third-order valence-corrected chi connectivity index (χ3v) is 5.63. The molecule has 2 aromatic rings. The normalized spacial score (nSPS) is 11.4. The number of nitrogens with zero attached hydrogens (tertiary/aromatic N) is 1. The van der Waals surface area contributed by atoms with Crippen LogP contribution in [0.25, 0.3) is 0 Å². The first-order valence-corrected chi connectivity index (χ1v) is 8.84. The summed E-state index contributed by atoms with van der Waals surface area (Å²) in [6, 6.07) is 6.20. The third-order valence-electron chi connectivity index (χ3n) is 2.47. The molecule has 8 heteroatoms. The zero-order valence-corrected chi connectivity index (χ0v) is 14.9. The van der Waals surface area contributed by atoms with E-state index in [1.54, 1.807) is 12.1 Å². The lowest BCUT2D eigenvalue weighted by Gasteiger charge is -2.10. The van der Waals surface area contributed by atoms with Crippen molar-refractivity contribution >= 4 is 59.3 Å². The molecule has 0 atom stereocenters. The number of aromatic nitrogens is 1. The van der Waals surface area contributed by atoms with Gasteiger partial charge in [0.1, 0.15) is 10.7 Å². The number of benzene rings is 1. The maximum atomic E-state index is 12.3. The van der Waals surface area contributed by atoms with E-state index in [2.05, 4.69) is 41.6 Å². The Labute approximate surface area is 138 Å². The first-order chi connectivity index (χ1) is 9.29. The van der Waals surface area contributed by atoms with E-state index in [4.69, 9.17) is 11.6 Å². The van der Waals surface area contributed by atoms with Gasteiger partial charge in [-0.05, 0) is 52.7 Å². The predicted molar refractivity (Wildman–Crippen MR) is 86.6 cm³/mol. The molecule has 1 N–H and O–H groups in total. The minimum absolute atomic E-state index is 0.00439. The van der Waals surface area contributed by atoms with Crippen LogP contribution in [-0.2, 0) is 10.0 Å². The molecular weight excluding hydrogens is 431 g/mol. The molecule has 0 bridgehead atoms. The molecule has 0 saturated heterocycles. The number of hydrogen-bond acceptors (Lipinski definition) is 3. The second kappa shape index (κ2) is 6.01. The summed E-state index contributed by atoms with van der Waals surface area (Å²) in [5.41, 5.74) is 0.875. The van der Waals surface area contributed by atoms with Gasteiger partial charge >= 0.3 is 0 Å². The van der Waals surface area contributed by atoms with Crippen LogP contribution in [0.4, 0.5) is 5.82 Å². The van der Waals surface area contributed by atoms with Crippen LogP contribution in [0.1, 0.15) is 5.56 Å². The van der Waals surface area contributed by atoms with Crippen LogP contribution in [0, 0.1) is 6.92 Å². The van der Waals surface area contributed by atoms with E-state index in [9.17, 15) is 8.42 Å². The van der Waals surface area contributed by atoms with Gasteiger partial charge < -0.3 is 0 Å². The molecule has 106 valence electrons. The maximum Gasteiger partial charge on any atom is 0.264 e. The summed E-state index contributed by atoms with van der Waals surface area (Å²) in [7, 11) is -3.77. The quantitative estimate of drug-likeness (QED) is 0.771. The first-order valence-electron chi connectivity index (χ1n) is 5.39. The van der Waals surface area contributed by atoms with E-state index in [0.717, 1.165) is 10.0 Å². The molecule has 0 fully saturated rings. The molecule has 0 spiro atoms. The van der Waals surface area contributed by atoms with Gasteiger partial charge in [-0.15, -0.1) is 0 Å². The summed E-state index contributed by atoms with van der Waals surface area (Å²) in [6.45, 7) is 1.84. The second-order valence-corrected chi connectivity index (χ2v) is 7.83. The minimum Gasteiger partial charge on any atom is -0.263 e. The summed E-state index contributed by atoms with van der Waals surface area (Å²) in [4.78, 5) is 4.01. The molecule has 0 saturated carbocycles. The van der Waals surface area contributed by atoms with Crippen LogP contribution in [0.15, 0.2) is 44.3 Å². The van der Waals surface area contributed by atoms with Gasteiger partial charge in [-0.1, -0.05) is 27.5 Å². The highest BCUT2D eigenvalue weighted by molar-refractivity contribution is 9.10. The number of rotatable bonds is 3. The number of pyridine rings is 1. The second-order valence-electron chi connectivity index (χ2n) is 4.00. The SMILES string of the molecule is Cc1cc(NS(=O)(=O)c2ccc(Br)cc2Cl)ncc1Br. The predicted octanol–water partition coefficient (Wildman–Crippen LogP) is 4.37. The Hall–Kier alpha value is -0.630. The lowest BCUT2D eigenvalue weighted by Crippen LogP contribution is -2.14. The molecule has 20 heavy (non-hydrogen) atoms. The standard InChI is InChI=1S/C12H9Br2ClN2O2S/c1-7-4-12(16-6-9(7)14)17-20(18,19)11-3-2-8(13)5-10(11)15/h2-6H,1H3,(H,16,17). The van der Waals surface area contributed by atoms with Gasteiger partial charge in [0.25, 0.3) is 10.0 Å². The van der Waals surface area contributed by atoms with Crippen LogP contribution in [-0.4, -0.2) is 13.4 Å². The molecule has 0 aliphatic carbocycles. The van der Waals surface area contributed by atoms with E-state index >= 15 is 0 Å². The fourth-order valence-electron chi connectivity index (χ4n) is 1.48. The van der Waals surface area contributed by atoms with Crippen molar-refractivity contribution in [2.45, 2.75) is 11.8 Å².